The zero-order chi connectivity index (χ0) is 13.7. The van der Waals surface area contributed by atoms with E-state index < -0.39 is 18.0 Å². The molecule has 100 valence electrons. The van der Waals surface area contributed by atoms with Crippen molar-refractivity contribution in [2.24, 2.45) is 5.92 Å². The van der Waals surface area contributed by atoms with E-state index in [0.717, 1.165) is 12.8 Å². The van der Waals surface area contributed by atoms with Crippen molar-refractivity contribution in [2.75, 3.05) is 0 Å². The van der Waals surface area contributed by atoms with Gasteiger partial charge in [0.1, 0.15) is 0 Å². The van der Waals surface area contributed by atoms with Crippen LogP contribution in [0.5, 0.6) is 0 Å². The Labute approximate surface area is 116 Å². The molecule has 0 bridgehead atoms. The normalized spacial score (nSPS) is 14.2. The Balaban J connectivity index is 2.98. The average Bonchev–Trinajstić information content (AvgIpc) is 2.32. The molecule has 1 rings (SSSR count). The van der Waals surface area contributed by atoms with E-state index >= 15 is 0 Å². The van der Waals surface area contributed by atoms with Gasteiger partial charge in [0.25, 0.3) is 0 Å². The lowest BCUT2D eigenvalue weighted by Crippen LogP contribution is -2.22. The molecule has 0 radical (unpaired) electrons. The number of aliphatic hydroxyl groups excluding tert-OH is 1. The molecule has 0 heterocycles. The minimum absolute atomic E-state index is 0.217. The zero-order valence-electron chi connectivity index (χ0n) is 10.1. The van der Waals surface area contributed by atoms with Crippen LogP contribution >= 0.6 is 23.2 Å². The summed E-state index contributed by atoms with van der Waals surface area (Å²) in [6, 6.07) is 4.84. The monoisotopic (exact) mass is 290 g/mol. The van der Waals surface area contributed by atoms with Gasteiger partial charge in [0.05, 0.1) is 22.1 Å². The zero-order valence-corrected chi connectivity index (χ0v) is 11.6. The van der Waals surface area contributed by atoms with Crippen molar-refractivity contribution in [1.29, 1.82) is 0 Å². The molecule has 2 unspecified atom stereocenters. The van der Waals surface area contributed by atoms with E-state index in [9.17, 15) is 9.90 Å². The van der Waals surface area contributed by atoms with Crippen LogP contribution in [0.25, 0.3) is 0 Å². The van der Waals surface area contributed by atoms with Crippen molar-refractivity contribution in [3.8, 4) is 0 Å². The van der Waals surface area contributed by atoms with Gasteiger partial charge in [0.15, 0.2) is 0 Å². The predicted octanol–water partition coefficient (Wildman–Crippen LogP) is 3.92. The Morgan fingerprint density at radius 3 is 2.61 bits per heavy atom. The quantitative estimate of drug-likeness (QED) is 0.835. The van der Waals surface area contributed by atoms with E-state index in [0.29, 0.717) is 17.0 Å². The average molecular weight is 291 g/mol. The van der Waals surface area contributed by atoms with E-state index in [-0.39, 0.29) is 5.02 Å². The molecule has 1 aromatic carbocycles. The number of aliphatic carboxylic acids is 1. The molecular weight excluding hydrogens is 275 g/mol. The van der Waals surface area contributed by atoms with Gasteiger partial charge in [-0.25, -0.2) is 0 Å². The Morgan fingerprint density at radius 2 is 2.06 bits per heavy atom. The molecule has 3 nitrogen and oxygen atoms in total. The van der Waals surface area contributed by atoms with Crippen molar-refractivity contribution < 1.29 is 15.0 Å². The van der Waals surface area contributed by atoms with E-state index in [1.807, 2.05) is 6.92 Å². The summed E-state index contributed by atoms with van der Waals surface area (Å²) >= 11 is 11.8. The van der Waals surface area contributed by atoms with Crippen molar-refractivity contribution in [3.05, 3.63) is 33.8 Å². The first-order valence-corrected chi connectivity index (χ1v) is 6.59. The summed E-state index contributed by atoms with van der Waals surface area (Å²) in [5.74, 6) is -1.88. The lowest BCUT2D eigenvalue weighted by molar-refractivity contribution is -0.146. The highest BCUT2D eigenvalue weighted by molar-refractivity contribution is 6.42. The van der Waals surface area contributed by atoms with Crippen LogP contribution in [0.15, 0.2) is 18.2 Å². The fraction of sp³-hybridized carbons (Fsp3) is 0.462. The van der Waals surface area contributed by atoms with Crippen LogP contribution in [-0.4, -0.2) is 16.2 Å². The molecule has 0 aliphatic heterocycles. The third-order valence-corrected chi connectivity index (χ3v) is 3.70. The number of unbranched alkanes of at least 4 members (excludes halogenated alkanes) is 1. The number of aliphatic hydroxyl groups is 1. The van der Waals surface area contributed by atoms with Gasteiger partial charge in [0, 0.05) is 5.56 Å². The van der Waals surface area contributed by atoms with Crippen LogP contribution in [0.4, 0.5) is 0 Å². The molecular formula is C13H16Cl2O3. The van der Waals surface area contributed by atoms with Crippen LogP contribution in [-0.2, 0) is 4.79 Å². The predicted molar refractivity (Wildman–Crippen MR) is 72.1 cm³/mol. The molecule has 0 fully saturated rings. The molecule has 0 aliphatic rings. The van der Waals surface area contributed by atoms with Gasteiger partial charge in [0.2, 0.25) is 0 Å². The molecule has 1 aromatic rings. The minimum atomic E-state index is -1.14. The van der Waals surface area contributed by atoms with Gasteiger partial charge in [-0.1, -0.05) is 55.1 Å². The second-order valence-corrected chi connectivity index (χ2v) is 4.96. The van der Waals surface area contributed by atoms with Crippen LogP contribution in [0.2, 0.25) is 10.0 Å². The van der Waals surface area contributed by atoms with Gasteiger partial charge in [-0.05, 0) is 12.5 Å². The van der Waals surface area contributed by atoms with Crippen LogP contribution < -0.4 is 0 Å². The second-order valence-electron chi connectivity index (χ2n) is 4.17. The number of benzene rings is 1. The minimum Gasteiger partial charge on any atom is -0.481 e. The molecule has 5 heteroatoms. The standard InChI is InChI=1S/C13H16Cl2O3/c1-2-3-5-9(13(17)18)12(16)8-6-4-7-10(14)11(8)15/h4,6-7,9,12,16H,2-3,5H2,1H3,(H,17,18). The first-order chi connectivity index (χ1) is 8.49. The molecule has 0 aliphatic carbocycles. The van der Waals surface area contributed by atoms with Crippen molar-refractivity contribution in [3.63, 3.8) is 0 Å². The lowest BCUT2D eigenvalue weighted by atomic mass is 9.91. The van der Waals surface area contributed by atoms with E-state index in [2.05, 4.69) is 0 Å². The Bertz CT molecular complexity index is 421. The number of hydrogen-bond donors (Lipinski definition) is 2. The first-order valence-electron chi connectivity index (χ1n) is 5.83. The Hall–Kier alpha value is -0.770. The number of hydrogen-bond acceptors (Lipinski definition) is 2. The smallest absolute Gasteiger partial charge is 0.309 e. The first kappa shape index (κ1) is 15.3. The summed E-state index contributed by atoms with van der Waals surface area (Å²) in [5.41, 5.74) is 0.368. The molecule has 0 saturated carbocycles. The third-order valence-electron chi connectivity index (χ3n) is 2.87. The van der Waals surface area contributed by atoms with Crippen LogP contribution in [0.3, 0.4) is 0 Å². The number of carbonyl (C=O) groups is 1. The summed E-state index contributed by atoms with van der Waals surface area (Å²) in [7, 11) is 0. The summed E-state index contributed by atoms with van der Waals surface area (Å²) in [6.07, 6.45) is 0.891. The second kappa shape index (κ2) is 6.98. The fourth-order valence-electron chi connectivity index (χ4n) is 1.81. The van der Waals surface area contributed by atoms with Gasteiger partial charge in [-0.15, -0.1) is 0 Å². The Morgan fingerprint density at radius 1 is 1.39 bits per heavy atom. The third kappa shape index (κ3) is 3.61. The molecule has 0 saturated heterocycles. The largest absolute Gasteiger partial charge is 0.481 e. The summed E-state index contributed by atoms with van der Waals surface area (Å²) < 4.78 is 0. The van der Waals surface area contributed by atoms with E-state index in [1.165, 1.54) is 0 Å². The van der Waals surface area contributed by atoms with Crippen molar-refractivity contribution in [2.45, 2.75) is 32.3 Å². The Kier molecular flexibility index (Phi) is 5.93. The maximum absolute atomic E-state index is 11.2. The molecule has 18 heavy (non-hydrogen) atoms. The highest BCUT2D eigenvalue weighted by Crippen LogP contribution is 2.35. The maximum Gasteiger partial charge on any atom is 0.309 e. The molecule has 0 spiro atoms. The number of halogens is 2. The van der Waals surface area contributed by atoms with E-state index in [4.69, 9.17) is 28.3 Å². The highest BCUT2D eigenvalue weighted by Gasteiger charge is 2.29. The summed E-state index contributed by atoms with van der Waals surface area (Å²) in [4.78, 5) is 11.2. The topological polar surface area (TPSA) is 57.5 Å². The number of carboxylic acid groups (broad SMARTS) is 1. The maximum atomic E-state index is 11.2. The number of rotatable bonds is 6. The molecule has 2 N–H and O–H groups in total. The molecule has 0 amide bonds. The van der Waals surface area contributed by atoms with Crippen LogP contribution in [0.1, 0.15) is 37.9 Å². The van der Waals surface area contributed by atoms with Gasteiger partial charge < -0.3 is 10.2 Å². The van der Waals surface area contributed by atoms with Gasteiger partial charge >= 0.3 is 5.97 Å². The SMILES string of the molecule is CCCCC(C(=O)O)C(O)c1cccc(Cl)c1Cl. The van der Waals surface area contributed by atoms with Gasteiger partial charge in [-0.2, -0.15) is 0 Å². The van der Waals surface area contributed by atoms with Crippen LogP contribution in [0, 0.1) is 5.92 Å². The summed E-state index contributed by atoms with van der Waals surface area (Å²) in [6.45, 7) is 1.97. The summed E-state index contributed by atoms with van der Waals surface area (Å²) in [5, 5.41) is 19.8. The highest BCUT2D eigenvalue weighted by atomic mass is 35.5. The lowest BCUT2D eigenvalue weighted by Gasteiger charge is -2.20. The number of carboxylic acids is 1. The van der Waals surface area contributed by atoms with E-state index in [1.54, 1.807) is 18.2 Å². The fourth-order valence-corrected chi connectivity index (χ4v) is 2.23. The molecule has 0 aromatic heterocycles. The molecule has 2 atom stereocenters. The van der Waals surface area contributed by atoms with Crippen molar-refractivity contribution in [1.82, 2.24) is 0 Å². The van der Waals surface area contributed by atoms with Gasteiger partial charge in [-0.3, -0.25) is 4.79 Å². The van der Waals surface area contributed by atoms with Crippen molar-refractivity contribution >= 4 is 29.2 Å².